The molecule has 0 bridgehead atoms. The van der Waals surface area contributed by atoms with Gasteiger partial charge < -0.3 is 19.5 Å². The standard InChI is InChI=1S/C20H28N2O6/c1-20(2,3)28-19(26)22(14-15-7-5-4-6-8-15)16(18(24)25)13-17(23)21-9-11-27-12-10-21/h4-8,16H,9-14H2,1-3H3,(H,24,25)/t16-/m1/s1. The highest BCUT2D eigenvalue weighted by Gasteiger charge is 2.36. The van der Waals surface area contributed by atoms with Gasteiger partial charge in [0.15, 0.2) is 0 Å². The molecule has 0 saturated carbocycles. The summed E-state index contributed by atoms with van der Waals surface area (Å²) in [6, 6.07) is 7.69. The molecule has 1 atom stereocenters. The number of morpholine rings is 1. The van der Waals surface area contributed by atoms with Crippen LogP contribution in [-0.2, 0) is 25.6 Å². The predicted molar refractivity (Wildman–Crippen MR) is 102 cm³/mol. The van der Waals surface area contributed by atoms with E-state index >= 15 is 0 Å². The van der Waals surface area contributed by atoms with Crippen molar-refractivity contribution in [3.63, 3.8) is 0 Å². The molecule has 1 aliphatic heterocycles. The average Bonchev–Trinajstić information content (AvgIpc) is 2.64. The number of hydrogen-bond donors (Lipinski definition) is 1. The molecule has 1 aromatic rings. The van der Waals surface area contributed by atoms with E-state index in [-0.39, 0.29) is 18.9 Å². The van der Waals surface area contributed by atoms with Crippen molar-refractivity contribution in [2.45, 2.75) is 45.4 Å². The van der Waals surface area contributed by atoms with Crippen LogP contribution in [0.25, 0.3) is 0 Å². The fourth-order valence-electron chi connectivity index (χ4n) is 2.84. The molecule has 1 aliphatic rings. The smallest absolute Gasteiger partial charge is 0.411 e. The maximum Gasteiger partial charge on any atom is 0.411 e. The van der Waals surface area contributed by atoms with E-state index < -0.39 is 23.7 Å². The third-order valence-corrected chi connectivity index (χ3v) is 4.22. The van der Waals surface area contributed by atoms with Crippen molar-refractivity contribution >= 4 is 18.0 Å². The Balaban J connectivity index is 2.23. The van der Waals surface area contributed by atoms with Gasteiger partial charge in [-0.3, -0.25) is 9.69 Å². The zero-order valence-electron chi connectivity index (χ0n) is 16.6. The number of hydrogen-bond acceptors (Lipinski definition) is 5. The fraction of sp³-hybridized carbons (Fsp3) is 0.550. The number of benzene rings is 1. The molecule has 8 nitrogen and oxygen atoms in total. The van der Waals surface area contributed by atoms with Crippen molar-refractivity contribution < 1.29 is 29.0 Å². The second kappa shape index (κ2) is 9.54. The van der Waals surface area contributed by atoms with Crippen LogP contribution in [0.1, 0.15) is 32.8 Å². The first kappa shape index (κ1) is 21.7. The third-order valence-electron chi connectivity index (χ3n) is 4.22. The second-order valence-corrected chi connectivity index (χ2v) is 7.65. The van der Waals surface area contributed by atoms with Crippen molar-refractivity contribution in [1.29, 1.82) is 0 Å². The number of carboxylic acids is 1. The lowest BCUT2D eigenvalue weighted by molar-refractivity contribution is -0.148. The lowest BCUT2D eigenvalue weighted by atomic mass is 10.1. The Bertz CT molecular complexity index is 680. The highest BCUT2D eigenvalue weighted by Crippen LogP contribution is 2.18. The van der Waals surface area contributed by atoms with Crippen molar-refractivity contribution in [1.82, 2.24) is 9.80 Å². The van der Waals surface area contributed by atoms with Crippen molar-refractivity contribution in [2.75, 3.05) is 26.3 Å². The van der Waals surface area contributed by atoms with Crippen molar-refractivity contribution in [2.24, 2.45) is 0 Å². The number of rotatable bonds is 6. The minimum atomic E-state index is -1.33. The van der Waals surface area contributed by atoms with E-state index in [2.05, 4.69) is 0 Å². The van der Waals surface area contributed by atoms with Crippen LogP contribution in [0, 0.1) is 0 Å². The van der Waals surface area contributed by atoms with Gasteiger partial charge >= 0.3 is 12.1 Å². The second-order valence-electron chi connectivity index (χ2n) is 7.65. The van der Waals surface area contributed by atoms with Crippen molar-refractivity contribution in [3.05, 3.63) is 35.9 Å². The molecule has 0 spiro atoms. The molecule has 2 rings (SSSR count). The summed E-state index contributed by atoms with van der Waals surface area (Å²) >= 11 is 0. The summed E-state index contributed by atoms with van der Waals surface area (Å²) in [6.07, 6.45) is -1.08. The van der Waals surface area contributed by atoms with Crippen molar-refractivity contribution in [3.8, 4) is 0 Å². The molecule has 154 valence electrons. The summed E-state index contributed by atoms with van der Waals surface area (Å²) in [7, 11) is 0. The van der Waals surface area contributed by atoms with Crippen LogP contribution < -0.4 is 0 Å². The zero-order valence-corrected chi connectivity index (χ0v) is 16.6. The fourth-order valence-corrected chi connectivity index (χ4v) is 2.84. The van der Waals surface area contributed by atoms with Crippen LogP contribution in [-0.4, -0.2) is 70.8 Å². The van der Waals surface area contributed by atoms with Gasteiger partial charge in [-0.2, -0.15) is 0 Å². The first-order chi connectivity index (χ1) is 13.2. The van der Waals surface area contributed by atoms with Gasteiger partial charge in [0, 0.05) is 19.6 Å². The number of aliphatic carboxylic acids is 1. The highest BCUT2D eigenvalue weighted by molar-refractivity contribution is 5.87. The number of nitrogens with zero attached hydrogens (tertiary/aromatic N) is 2. The molecule has 0 aliphatic carbocycles. The Kier molecular flexibility index (Phi) is 7.39. The Morgan fingerprint density at radius 3 is 2.32 bits per heavy atom. The third kappa shape index (κ3) is 6.53. The summed E-state index contributed by atoms with van der Waals surface area (Å²) < 4.78 is 10.6. The number of carbonyl (C=O) groups excluding carboxylic acids is 2. The van der Waals surface area contributed by atoms with E-state index in [9.17, 15) is 19.5 Å². The number of amides is 2. The van der Waals surface area contributed by atoms with E-state index in [0.29, 0.717) is 26.3 Å². The molecule has 28 heavy (non-hydrogen) atoms. The summed E-state index contributed by atoms with van der Waals surface area (Å²) in [5.41, 5.74) is -0.0399. The Morgan fingerprint density at radius 1 is 1.18 bits per heavy atom. The molecular formula is C20H28N2O6. The van der Waals surface area contributed by atoms with Gasteiger partial charge in [-0.1, -0.05) is 30.3 Å². The number of carboxylic acid groups (broad SMARTS) is 1. The molecule has 1 aromatic carbocycles. The Labute approximate surface area is 165 Å². The Morgan fingerprint density at radius 2 is 1.79 bits per heavy atom. The molecule has 1 saturated heterocycles. The summed E-state index contributed by atoms with van der Waals surface area (Å²) in [6.45, 7) is 6.82. The normalized spacial score (nSPS) is 15.6. The summed E-state index contributed by atoms with van der Waals surface area (Å²) in [5, 5.41) is 9.77. The van der Waals surface area contributed by atoms with Crippen LogP contribution >= 0.6 is 0 Å². The van der Waals surface area contributed by atoms with Gasteiger partial charge in [-0.15, -0.1) is 0 Å². The van der Waals surface area contributed by atoms with E-state index in [1.165, 1.54) is 0 Å². The minimum Gasteiger partial charge on any atom is -0.480 e. The van der Waals surface area contributed by atoms with E-state index in [1.54, 1.807) is 49.9 Å². The molecule has 2 amide bonds. The van der Waals surface area contributed by atoms with E-state index in [4.69, 9.17) is 9.47 Å². The lowest BCUT2D eigenvalue weighted by Gasteiger charge is -2.33. The first-order valence-corrected chi connectivity index (χ1v) is 9.29. The molecule has 1 fully saturated rings. The van der Waals surface area contributed by atoms with Gasteiger partial charge in [0.2, 0.25) is 5.91 Å². The Hall–Kier alpha value is -2.61. The first-order valence-electron chi connectivity index (χ1n) is 9.29. The molecule has 1 N–H and O–H groups in total. The van der Waals surface area contributed by atoms with Gasteiger partial charge in [0.1, 0.15) is 11.6 Å². The van der Waals surface area contributed by atoms with Crippen LogP contribution in [0.3, 0.4) is 0 Å². The summed E-state index contributed by atoms with van der Waals surface area (Å²) in [5.74, 6) is -1.57. The minimum absolute atomic E-state index is 0.0309. The zero-order chi connectivity index (χ0) is 20.7. The number of carbonyl (C=O) groups is 3. The SMILES string of the molecule is CC(C)(C)OC(=O)N(Cc1ccccc1)[C@H](CC(=O)N1CCOCC1)C(=O)O. The van der Waals surface area contributed by atoms with Crippen LogP contribution in [0.5, 0.6) is 0 Å². The van der Waals surface area contributed by atoms with Gasteiger partial charge in [-0.25, -0.2) is 9.59 Å². The monoisotopic (exact) mass is 392 g/mol. The largest absolute Gasteiger partial charge is 0.480 e. The molecule has 1 heterocycles. The van der Waals surface area contributed by atoms with E-state index in [1.807, 2.05) is 6.07 Å². The van der Waals surface area contributed by atoms with Crippen LogP contribution in [0.15, 0.2) is 30.3 Å². The van der Waals surface area contributed by atoms with E-state index in [0.717, 1.165) is 10.5 Å². The maximum atomic E-state index is 12.8. The molecule has 0 unspecified atom stereocenters. The predicted octanol–water partition coefficient (Wildman–Crippen LogP) is 2.13. The quantitative estimate of drug-likeness (QED) is 0.797. The van der Waals surface area contributed by atoms with Gasteiger partial charge in [0.05, 0.1) is 19.6 Å². The topological polar surface area (TPSA) is 96.4 Å². The highest BCUT2D eigenvalue weighted by atomic mass is 16.6. The maximum absolute atomic E-state index is 12.8. The molecule has 8 heteroatoms. The molecular weight excluding hydrogens is 364 g/mol. The van der Waals surface area contributed by atoms with Gasteiger partial charge in [-0.05, 0) is 26.3 Å². The number of ether oxygens (including phenoxy) is 2. The van der Waals surface area contributed by atoms with Gasteiger partial charge in [0.25, 0.3) is 0 Å². The summed E-state index contributed by atoms with van der Waals surface area (Å²) in [4.78, 5) is 40.0. The van der Waals surface area contributed by atoms with Crippen LogP contribution in [0.2, 0.25) is 0 Å². The molecule has 0 aromatic heterocycles. The van der Waals surface area contributed by atoms with Crippen LogP contribution in [0.4, 0.5) is 4.79 Å². The molecule has 0 radical (unpaired) electrons. The lowest BCUT2D eigenvalue weighted by Crippen LogP contribution is -2.50. The average molecular weight is 392 g/mol.